The Morgan fingerprint density at radius 2 is 2.23 bits per heavy atom. The van der Waals surface area contributed by atoms with Gasteiger partial charge in [-0.3, -0.25) is 0 Å². The van der Waals surface area contributed by atoms with E-state index in [4.69, 9.17) is 4.74 Å². The van der Waals surface area contributed by atoms with Gasteiger partial charge in [-0.15, -0.1) is 0 Å². The van der Waals surface area contributed by atoms with E-state index in [-0.39, 0.29) is 11.4 Å². The molecule has 2 rings (SSSR count). The Labute approximate surface area is 78.2 Å². The molecule has 0 amide bonds. The lowest BCUT2D eigenvalue weighted by atomic mass is 9.99. The number of aliphatic hydroxyl groups excluding tert-OH is 1. The molecule has 0 aromatic carbocycles. The number of allylic oxidation sites excluding steroid dienone is 3. The summed E-state index contributed by atoms with van der Waals surface area (Å²) in [6.45, 7) is 4.08. The van der Waals surface area contributed by atoms with Crippen LogP contribution >= 0.6 is 0 Å². The lowest BCUT2D eigenvalue weighted by molar-refractivity contribution is 0.0569. The van der Waals surface area contributed by atoms with E-state index in [1.807, 2.05) is 26.0 Å². The lowest BCUT2D eigenvalue weighted by Gasteiger charge is -2.19. The molecule has 70 valence electrons. The average molecular weight is 178 g/mol. The second-order valence-corrected chi connectivity index (χ2v) is 4.16. The minimum absolute atomic E-state index is 0.155. The molecule has 13 heavy (non-hydrogen) atoms. The van der Waals surface area contributed by atoms with Crippen molar-refractivity contribution in [3.63, 3.8) is 0 Å². The molecule has 1 heterocycles. The van der Waals surface area contributed by atoms with Crippen LogP contribution in [0.5, 0.6) is 0 Å². The van der Waals surface area contributed by atoms with Crippen molar-refractivity contribution in [3.8, 4) is 0 Å². The van der Waals surface area contributed by atoms with Crippen molar-refractivity contribution in [2.75, 3.05) is 0 Å². The predicted octanol–water partition coefficient (Wildman–Crippen LogP) is 2.84. The van der Waals surface area contributed by atoms with Crippen molar-refractivity contribution in [3.05, 3.63) is 35.3 Å². The standard InChI is InChI=1S/C11H14O2/c1-11(2)7-8-5-3-4-6-9(12)10(8)13-11/h3-4,6,12H,5,7H2,1-2H3. The molecule has 0 spiro atoms. The molecule has 0 saturated heterocycles. The third kappa shape index (κ3) is 1.48. The maximum absolute atomic E-state index is 9.62. The van der Waals surface area contributed by atoms with Crippen LogP contribution in [0.1, 0.15) is 26.7 Å². The van der Waals surface area contributed by atoms with Gasteiger partial charge in [-0.25, -0.2) is 0 Å². The zero-order chi connectivity index (χ0) is 9.47. The topological polar surface area (TPSA) is 29.5 Å². The fraction of sp³-hybridized carbons (Fsp3) is 0.455. The van der Waals surface area contributed by atoms with Gasteiger partial charge in [0.2, 0.25) is 0 Å². The first-order valence-electron chi connectivity index (χ1n) is 4.56. The van der Waals surface area contributed by atoms with Gasteiger partial charge in [-0.2, -0.15) is 0 Å². The first-order valence-corrected chi connectivity index (χ1v) is 4.56. The van der Waals surface area contributed by atoms with E-state index >= 15 is 0 Å². The van der Waals surface area contributed by atoms with Crippen molar-refractivity contribution in [2.45, 2.75) is 32.3 Å². The number of ether oxygens (including phenoxy) is 1. The van der Waals surface area contributed by atoms with Gasteiger partial charge in [-0.05, 0) is 31.9 Å². The lowest BCUT2D eigenvalue weighted by Crippen LogP contribution is -2.18. The molecule has 1 aliphatic carbocycles. The van der Waals surface area contributed by atoms with E-state index in [0.717, 1.165) is 12.8 Å². The van der Waals surface area contributed by atoms with Crippen LogP contribution in [-0.2, 0) is 4.74 Å². The highest BCUT2D eigenvalue weighted by Crippen LogP contribution is 2.38. The Morgan fingerprint density at radius 3 is 3.00 bits per heavy atom. The van der Waals surface area contributed by atoms with E-state index < -0.39 is 0 Å². The molecule has 0 bridgehead atoms. The first-order chi connectivity index (χ1) is 6.08. The van der Waals surface area contributed by atoms with E-state index in [0.29, 0.717) is 5.76 Å². The van der Waals surface area contributed by atoms with E-state index in [1.165, 1.54) is 5.57 Å². The summed E-state index contributed by atoms with van der Waals surface area (Å²) < 4.78 is 5.67. The highest BCUT2D eigenvalue weighted by atomic mass is 16.5. The minimum atomic E-state index is -0.155. The molecule has 2 heteroatoms. The summed E-state index contributed by atoms with van der Waals surface area (Å²) in [6, 6.07) is 0. The van der Waals surface area contributed by atoms with Gasteiger partial charge >= 0.3 is 0 Å². The first kappa shape index (κ1) is 8.42. The van der Waals surface area contributed by atoms with Crippen molar-refractivity contribution >= 4 is 0 Å². The summed E-state index contributed by atoms with van der Waals surface area (Å²) in [5.41, 5.74) is 1.05. The maximum atomic E-state index is 9.62. The summed E-state index contributed by atoms with van der Waals surface area (Å²) >= 11 is 0. The Kier molecular flexibility index (Phi) is 1.72. The largest absolute Gasteiger partial charge is 0.504 e. The molecule has 0 atom stereocenters. The Bertz CT molecular complexity index is 319. The summed E-state index contributed by atoms with van der Waals surface area (Å²) in [4.78, 5) is 0. The molecule has 0 radical (unpaired) electrons. The van der Waals surface area contributed by atoms with Crippen molar-refractivity contribution in [1.82, 2.24) is 0 Å². The Hall–Kier alpha value is -1.18. The molecule has 1 N–H and O–H groups in total. The normalized spacial score (nSPS) is 24.9. The smallest absolute Gasteiger partial charge is 0.161 e. The zero-order valence-electron chi connectivity index (χ0n) is 8.00. The number of hydrogen-bond acceptors (Lipinski definition) is 2. The fourth-order valence-corrected chi connectivity index (χ4v) is 1.82. The Balaban J connectivity index is 2.33. The highest BCUT2D eigenvalue weighted by Gasteiger charge is 2.33. The van der Waals surface area contributed by atoms with Crippen LogP contribution in [0.2, 0.25) is 0 Å². The van der Waals surface area contributed by atoms with Gasteiger partial charge in [0.25, 0.3) is 0 Å². The summed E-state index contributed by atoms with van der Waals surface area (Å²) in [5, 5.41) is 9.62. The second-order valence-electron chi connectivity index (χ2n) is 4.16. The van der Waals surface area contributed by atoms with Crippen LogP contribution in [0.4, 0.5) is 0 Å². The maximum Gasteiger partial charge on any atom is 0.161 e. The van der Waals surface area contributed by atoms with Crippen LogP contribution in [0.3, 0.4) is 0 Å². The van der Waals surface area contributed by atoms with Crippen molar-refractivity contribution < 1.29 is 9.84 Å². The van der Waals surface area contributed by atoms with E-state index in [2.05, 4.69) is 0 Å². The second kappa shape index (κ2) is 2.66. The summed E-state index contributed by atoms with van der Waals surface area (Å²) in [5.74, 6) is 0.948. The summed E-state index contributed by atoms with van der Waals surface area (Å²) in [6.07, 6.45) is 7.39. The van der Waals surface area contributed by atoms with Crippen LogP contribution < -0.4 is 0 Å². The molecule has 0 aromatic heterocycles. The van der Waals surface area contributed by atoms with E-state index in [1.54, 1.807) is 6.08 Å². The minimum Gasteiger partial charge on any atom is -0.504 e. The molecule has 2 aliphatic rings. The van der Waals surface area contributed by atoms with Crippen LogP contribution in [0.25, 0.3) is 0 Å². The molecule has 0 saturated carbocycles. The van der Waals surface area contributed by atoms with Crippen LogP contribution in [-0.4, -0.2) is 10.7 Å². The van der Waals surface area contributed by atoms with Gasteiger partial charge in [-0.1, -0.05) is 12.2 Å². The molecular formula is C11H14O2. The van der Waals surface area contributed by atoms with Gasteiger partial charge in [0.15, 0.2) is 11.5 Å². The third-order valence-corrected chi connectivity index (χ3v) is 2.33. The molecular weight excluding hydrogens is 164 g/mol. The van der Waals surface area contributed by atoms with Gasteiger partial charge in [0, 0.05) is 6.42 Å². The van der Waals surface area contributed by atoms with E-state index in [9.17, 15) is 5.11 Å². The number of rotatable bonds is 0. The number of aliphatic hydroxyl groups is 1. The van der Waals surface area contributed by atoms with Gasteiger partial charge in [0.1, 0.15) is 5.60 Å². The SMILES string of the molecule is CC1(C)CC2=C(O1)C(O)=CC=CC2. The molecule has 2 nitrogen and oxygen atoms in total. The quantitative estimate of drug-likeness (QED) is 0.618. The fourth-order valence-electron chi connectivity index (χ4n) is 1.82. The molecule has 0 unspecified atom stereocenters. The van der Waals surface area contributed by atoms with Gasteiger partial charge < -0.3 is 9.84 Å². The number of hydrogen-bond donors (Lipinski definition) is 1. The van der Waals surface area contributed by atoms with Gasteiger partial charge in [0.05, 0.1) is 0 Å². The average Bonchev–Trinajstić information content (AvgIpc) is 2.26. The predicted molar refractivity (Wildman–Crippen MR) is 51.3 cm³/mol. The zero-order valence-corrected chi connectivity index (χ0v) is 8.00. The highest BCUT2D eigenvalue weighted by molar-refractivity contribution is 5.36. The van der Waals surface area contributed by atoms with Crippen LogP contribution in [0, 0.1) is 0 Å². The van der Waals surface area contributed by atoms with Crippen LogP contribution in [0.15, 0.2) is 35.3 Å². The van der Waals surface area contributed by atoms with Crippen molar-refractivity contribution in [1.29, 1.82) is 0 Å². The third-order valence-electron chi connectivity index (χ3n) is 2.33. The molecule has 0 aromatic rings. The molecule has 0 fully saturated rings. The summed E-state index contributed by atoms with van der Waals surface area (Å²) in [7, 11) is 0. The Morgan fingerprint density at radius 1 is 1.46 bits per heavy atom. The monoisotopic (exact) mass is 178 g/mol. The molecule has 1 aliphatic heterocycles. The van der Waals surface area contributed by atoms with Crippen molar-refractivity contribution in [2.24, 2.45) is 0 Å².